The van der Waals surface area contributed by atoms with Crippen LogP contribution in [0.2, 0.25) is 5.02 Å². The van der Waals surface area contributed by atoms with Crippen LogP contribution in [0.25, 0.3) is 10.9 Å². The molecule has 0 amide bonds. The standard InChI is InChI=1S/C29H23ClF3N3O2/c1-36-17-34-16-25(36)28(37,19-8-11-21(30)12-9-19)20-10-13-24-22(15-20)26(38-2)23(27(35-24)29(31,32)33)14-18-6-4-3-5-7-18/h3-13,15-17,37H,14H2,1-2H3. The topological polar surface area (TPSA) is 60.2 Å². The summed E-state index contributed by atoms with van der Waals surface area (Å²) in [6.07, 6.45) is -1.62. The second-order valence-electron chi connectivity index (χ2n) is 8.97. The number of ether oxygens (including phenoxy) is 1. The molecule has 2 heterocycles. The molecule has 2 aromatic heterocycles. The predicted molar refractivity (Wildman–Crippen MR) is 139 cm³/mol. The minimum Gasteiger partial charge on any atom is -0.496 e. The minimum atomic E-state index is -4.69. The molecule has 0 radical (unpaired) electrons. The number of halogens is 4. The molecule has 1 unspecified atom stereocenters. The summed E-state index contributed by atoms with van der Waals surface area (Å²) in [4.78, 5) is 8.18. The van der Waals surface area contributed by atoms with Gasteiger partial charge in [0.15, 0.2) is 11.3 Å². The molecule has 0 aliphatic heterocycles. The number of nitrogens with zero attached hydrogens (tertiary/aromatic N) is 3. The van der Waals surface area contributed by atoms with Crippen molar-refractivity contribution in [2.24, 2.45) is 7.05 Å². The van der Waals surface area contributed by atoms with E-state index < -0.39 is 17.5 Å². The van der Waals surface area contributed by atoms with E-state index in [1.165, 1.54) is 13.2 Å². The van der Waals surface area contributed by atoms with Crippen LogP contribution in [0.4, 0.5) is 13.2 Å². The second kappa shape index (κ2) is 9.78. The van der Waals surface area contributed by atoms with Gasteiger partial charge in [-0.15, -0.1) is 0 Å². The molecular formula is C29H23ClF3N3O2. The van der Waals surface area contributed by atoms with Gasteiger partial charge in [-0.3, -0.25) is 0 Å². The SMILES string of the molecule is COc1c(Cc2ccccc2)c(C(F)(F)F)nc2ccc(C(O)(c3ccc(Cl)cc3)c3cncn3C)cc12. The van der Waals surface area contributed by atoms with Crippen LogP contribution in [-0.4, -0.2) is 26.8 Å². The van der Waals surface area contributed by atoms with E-state index in [2.05, 4.69) is 9.97 Å². The number of methoxy groups -OCH3 is 1. The molecule has 0 spiro atoms. The van der Waals surface area contributed by atoms with Crippen LogP contribution in [0.5, 0.6) is 5.75 Å². The van der Waals surface area contributed by atoms with Crippen molar-refractivity contribution in [3.8, 4) is 5.75 Å². The van der Waals surface area contributed by atoms with Gasteiger partial charge in [0.25, 0.3) is 0 Å². The second-order valence-corrected chi connectivity index (χ2v) is 9.41. The number of hydrogen-bond acceptors (Lipinski definition) is 4. The number of imidazole rings is 1. The lowest BCUT2D eigenvalue weighted by atomic mass is 9.82. The first-order valence-electron chi connectivity index (χ1n) is 11.7. The van der Waals surface area contributed by atoms with E-state index in [9.17, 15) is 18.3 Å². The lowest BCUT2D eigenvalue weighted by Gasteiger charge is -2.30. The first-order chi connectivity index (χ1) is 18.1. The summed E-state index contributed by atoms with van der Waals surface area (Å²) in [5.74, 6) is 0.0523. The number of rotatable bonds is 6. The Balaban J connectivity index is 1.79. The molecule has 1 atom stereocenters. The normalized spacial score (nSPS) is 13.4. The fraction of sp³-hybridized carbons (Fsp3) is 0.172. The summed E-state index contributed by atoms with van der Waals surface area (Å²) in [6, 6.07) is 20.2. The number of fused-ring (bicyclic) bond motifs is 1. The van der Waals surface area contributed by atoms with Crippen molar-refractivity contribution in [1.29, 1.82) is 0 Å². The third-order valence-electron chi connectivity index (χ3n) is 6.60. The zero-order valence-electron chi connectivity index (χ0n) is 20.5. The van der Waals surface area contributed by atoms with Crippen LogP contribution in [0.15, 0.2) is 85.3 Å². The number of alkyl halides is 3. The monoisotopic (exact) mass is 537 g/mol. The third-order valence-corrected chi connectivity index (χ3v) is 6.85. The van der Waals surface area contributed by atoms with Crippen molar-refractivity contribution in [1.82, 2.24) is 14.5 Å². The van der Waals surface area contributed by atoms with E-state index in [0.717, 1.165) is 0 Å². The van der Waals surface area contributed by atoms with Gasteiger partial charge in [0, 0.05) is 29.4 Å². The third kappa shape index (κ3) is 4.50. The molecule has 5 rings (SSSR count). The number of aromatic nitrogens is 3. The van der Waals surface area contributed by atoms with Crippen molar-refractivity contribution in [2.45, 2.75) is 18.2 Å². The Morgan fingerprint density at radius 1 is 0.974 bits per heavy atom. The molecule has 0 aliphatic rings. The Labute approximate surface area is 222 Å². The summed E-state index contributed by atoms with van der Waals surface area (Å²) in [6.45, 7) is 0. The fourth-order valence-corrected chi connectivity index (χ4v) is 4.92. The van der Waals surface area contributed by atoms with E-state index in [4.69, 9.17) is 16.3 Å². The van der Waals surface area contributed by atoms with Crippen molar-refractivity contribution >= 4 is 22.5 Å². The van der Waals surface area contributed by atoms with Crippen LogP contribution in [0.3, 0.4) is 0 Å². The lowest BCUT2D eigenvalue weighted by Crippen LogP contribution is -2.31. The molecule has 0 bridgehead atoms. The van der Waals surface area contributed by atoms with E-state index >= 15 is 0 Å². The van der Waals surface area contributed by atoms with Gasteiger partial charge in [0.2, 0.25) is 0 Å². The molecule has 0 saturated carbocycles. The molecule has 1 N–H and O–H groups in total. The fourth-order valence-electron chi connectivity index (χ4n) is 4.79. The lowest BCUT2D eigenvalue weighted by molar-refractivity contribution is -0.141. The van der Waals surface area contributed by atoms with Gasteiger partial charge in [0.05, 0.1) is 30.8 Å². The summed E-state index contributed by atoms with van der Waals surface area (Å²) >= 11 is 6.10. The smallest absolute Gasteiger partial charge is 0.433 e. The number of aryl methyl sites for hydroxylation is 1. The zero-order chi connectivity index (χ0) is 27.1. The zero-order valence-corrected chi connectivity index (χ0v) is 21.3. The van der Waals surface area contributed by atoms with Crippen LogP contribution in [0.1, 0.15) is 33.6 Å². The first kappa shape index (κ1) is 25.8. The molecule has 0 saturated heterocycles. The van der Waals surface area contributed by atoms with Crippen LogP contribution in [-0.2, 0) is 25.2 Å². The largest absolute Gasteiger partial charge is 0.496 e. The highest BCUT2D eigenvalue weighted by molar-refractivity contribution is 6.30. The summed E-state index contributed by atoms with van der Waals surface area (Å²) in [7, 11) is 3.09. The number of pyridine rings is 1. The molecule has 38 heavy (non-hydrogen) atoms. The molecular weight excluding hydrogens is 515 g/mol. The van der Waals surface area contributed by atoms with Crippen LogP contribution in [0, 0.1) is 0 Å². The van der Waals surface area contributed by atoms with Gasteiger partial charge in [-0.05, 0) is 41.0 Å². The average molecular weight is 538 g/mol. The highest BCUT2D eigenvalue weighted by atomic mass is 35.5. The maximum Gasteiger partial charge on any atom is 0.433 e. The highest BCUT2D eigenvalue weighted by Crippen LogP contribution is 2.43. The molecule has 3 aromatic carbocycles. The van der Waals surface area contributed by atoms with Gasteiger partial charge in [-0.2, -0.15) is 13.2 Å². The molecule has 194 valence electrons. The minimum absolute atomic E-state index is 0.0325. The van der Waals surface area contributed by atoms with E-state index in [-0.39, 0.29) is 23.3 Å². The Morgan fingerprint density at radius 2 is 1.66 bits per heavy atom. The van der Waals surface area contributed by atoms with E-state index in [0.29, 0.717) is 32.8 Å². The molecule has 9 heteroatoms. The number of benzene rings is 3. The molecule has 5 nitrogen and oxygen atoms in total. The molecule has 0 fully saturated rings. The maximum absolute atomic E-state index is 14.2. The van der Waals surface area contributed by atoms with Crippen molar-refractivity contribution in [2.75, 3.05) is 7.11 Å². The Hall–Kier alpha value is -3.88. The van der Waals surface area contributed by atoms with Gasteiger partial charge in [0.1, 0.15) is 5.75 Å². The number of hydrogen-bond donors (Lipinski definition) is 1. The van der Waals surface area contributed by atoms with Crippen molar-refractivity contribution < 1.29 is 23.0 Å². The summed E-state index contributed by atoms with van der Waals surface area (Å²) < 4.78 is 49.8. The van der Waals surface area contributed by atoms with Crippen molar-refractivity contribution in [3.05, 3.63) is 124 Å². The van der Waals surface area contributed by atoms with E-state index in [1.54, 1.807) is 90.9 Å². The first-order valence-corrected chi connectivity index (χ1v) is 12.1. The average Bonchev–Trinajstić information content (AvgIpc) is 3.34. The van der Waals surface area contributed by atoms with Gasteiger partial charge >= 0.3 is 6.18 Å². The predicted octanol–water partition coefficient (Wildman–Crippen LogP) is 6.52. The van der Waals surface area contributed by atoms with Crippen LogP contribution < -0.4 is 4.74 Å². The van der Waals surface area contributed by atoms with E-state index in [1.807, 2.05) is 0 Å². The van der Waals surface area contributed by atoms with Crippen LogP contribution >= 0.6 is 11.6 Å². The molecule has 5 aromatic rings. The Morgan fingerprint density at radius 3 is 2.26 bits per heavy atom. The summed E-state index contributed by atoms with van der Waals surface area (Å²) in [5, 5.41) is 13.1. The van der Waals surface area contributed by atoms with Crippen molar-refractivity contribution in [3.63, 3.8) is 0 Å². The van der Waals surface area contributed by atoms with Gasteiger partial charge in [-0.25, -0.2) is 9.97 Å². The Bertz CT molecular complexity index is 1600. The summed E-state index contributed by atoms with van der Waals surface area (Å²) in [5.41, 5.74) is -0.627. The van der Waals surface area contributed by atoms with Gasteiger partial charge in [-0.1, -0.05) is 60.1 Å². The maximum atomic E-state index is 14.2. The highest BCUT2D eigenvalue weighted by Gasteiger charge is 2.40. The Kier molecular flexibility index (Phi) is 6.63. The number of aliphatic hydroxyl groups is 1. The van der Waals surface area contributed by atoms with Gasteiger partial charge < -0.3 is 14.4 Å². The quantitative estimate of drug-likeness (QED) is 0.268. The molecule has 0 aliphatic carbocycles.